The number of hydrogen-bond acceptors (Lipinski definition) is 4. The van der Waals surface area contributed by atoms with E-state index < -0.39 is 6.04 Å². The second-order valence-corrected chi connectivity index (χ2v) is 7.43. The third-order valence-electron chi connectivity index (χ3n) is 5.61. The molecule has 3 atom stereocenters. The molecule has 0 spiro atoms. The largest absolute Gasteiger partial charge is 0.274 e. The van der Waals surface area contributed by atoms with E-state index in [4.69, 9.17) is 11.6 Å². The van der Waals surface area contributed by atoms with Crippen molar-refractivity contribution in [3.63, 3.8) is 0 Å². The second kappa shape index (κ2) is 5.91. The third-order valence-corrected chi connectivity index (χ3v) is 5.85. The second-order valence-electron chi connectivity index (χ2n) is 7.00. The molecule has 0 bridgehead atoms. The van der Waals surface area contributed by atoms with Gasteiger partial charge in [-0.2, -0.15) is 0 Å². The zero-order valence-electron chi connectivity index (χ0n) is 14.1. The summed E-state index contributed by atoms with van der Waals surface area (Å²) in [5.74, 6) is -0.665. The van der Waals surface area contributed by atoms with Crippen molar-refractivity contribution in [2.24, 2.45) is 5.92 Å². The van der Waals surface area contributed by atoms with Crippen LogP contribution < -0.4 is 4.90 Å². The molecule has 3 aliphatic heterocycles. The molecule has 3 heterocycles. The Balaban J connectivity index is 1.60. The number of halogens is 1. The van der Waals surface area contributed by atoms with Crippen LogP contribution in [-0.4, -0.2) is 41.0 Å². The number of fused-ring (bicyclic) bond motifs is 3. The van der Waals surface area contributed by atoms with Crippen LogP contribution in [-0.2, 0) is 9.59 Å². The number of amides is 2. The van der Waals surface area contributed by atoms with Crippen molar-refractivity contribution >= 4 is 29.1 Å². The van der Waals surface area contributed by atoms with E-state index >= 15 is 0 Å². The van der Waals surface area contributed by atoms with E-state index in [-0.39, 0.29) is 23.8 Å². The summed E-state index contributed by atoms with van der Waals surface area (Å²) in [6.07, 6.45) is 1.01. The van der Waals surface area contributed by atoms with Crippen LogP contribution in [0.15, 0.2) is 54.6 Å². The molecule has 3 aliphatic rings. The molecule has 26 heavy (non-hydrogen) atoms. The first-order chi connectivity index (χ1) is 12.7. The van der Waals surface area contributed by atoms with Gasteiger partial charge in [0.15, 0.2) is 0 Å². The van der Waals surface area contributed by atoms with Crippen LogP contribution in [0.4, 0.5) is 5.69 Å². The predicted molar refractivity (Wildman–Crippen MR) is 98.4 cm³/mol. The Labute approximate surface area is 156 Å². The summed E-state index contributed by atoms with van der Waals surface area (Å²) in [5.41, 5.74) is 1.64. The van der Waals surface area contributed by atoms with E-state index in [2.05, 4.69) is 10.0 Å². The number of imide groups is 1. The molecule has 6 heteroatoms. The summed E-state index contributed by atoms with van der Waals surface area (Å²) >= 11 is 6.09. The maximum Gasteiger partial charge on any atom is 0.253 e. The fourth-order valence-electron chi connectivity index (χ4n) is 4.63. The monoisotopic (exact) mass is 367 g/mol. The van der Waals surface area contributed by atoms with Crippen LogP contribution >= 0.6 is 11.6 Å². The van der Waals surface area contributed by atoms with Crippen LogP contribution in [0, 0.1) is 5.92 Å². The highest BCUT2D eigenvalue weighted by molar-refractivity contribution is 6.31. The molecule has 5 nitrogen and oxygen atoms in total. The Bertz CT molecular complexity index is 888. The first kappa shape index (κ1) is 16.0. The third kappa shape index (κ3) is 2.18. The molecule has 0 aromatic heterocycles. The summed E-state index contributed by atoms with van der Waals surface area (Å²) in [6, 6.07) is 16.5. The number of nitrogens with zero attached hydrogens (tertiary/aromatic N) is 3. The van der Waals surface area contributed by atoms with Crippen LogP contribution in [0.5, 0.6) is 0 Å². The van der Waals surface area contributed by atoms with Gasteiger partial charge in [-0.05, 0) is 30.2 Å². The standard InChI is InChI=1S/C20H18ClN3O2/c21-14-8-4-9-15(12-14)24-19(25)16-17(13-6-2-1-3-7-13)22-10-5-11-23(22)18(16)20(24)26/h1-4,6-9,12,16-18H,5,10-11H2/t16-,17-,18-/m0/s1. The minimum Gasteiger partial charge on any atom is -0.274 e. The summed E-state index contributed by atoms with van der Waals surface area (Å²) in [7, 11) is 0. The van der Waals surface area contributed by atoms with Gasteiger partial charge in [-0.1, -0.05) is 48.0 Å². The minimum atomic E-state index is -0.422. The zero-order chi connectivity index (χ0) is 17.8. The molecule has 0 saturated carbocycles. The normalized spacial score (nSPS) is 28.7. The van der Waals surface area contributed by atoms with E-state index in [1.54, 1.807) is 24.3 Å². The fraction of sp³-hybridized carbons (Fsp3) is 0.300. The number of rotatable bonds is 2. The van der Waals surface area contributed by atoms with E-state index in [9.17, 15) is 9.59 Å². The van der Waals surface area contributed by atoms with Crippen molar-refractivity contribution in [1.82, 2.24) is 10.0 Å². The van der Waals surface area contributed by atoms with Crippen LogP contribution in [0.2, 0.25) is 5.02 Å². The zero-order valence-corrected chi connectivity index (χ0v) is 14.8. The van der Waals surface area contributed by atoms with Crippen molar-refractivity contribution in [3.8, 4) is 0 Å². The molecule has 2 amide bonds. The Hall–Kier alpha value is -2.21. The lowest BCUT2D eigenvalue weighted by Gasteiger charge is -2.29. The summed E-state index contributed by atoms with van der Waals surface area (Å²) < 4.78 is 0. The molecule has 132 valence electrons. The van der Waals surface area contributed by atoms with Gasteiger partial charge in [-0.25, -0.2) is 14.9 Å². The van der Waals surface area contributed by atoms with Gasteiger partial charge in [0.2, 0.25) is 5.91 Å². The van der Waals surface area contributed by atoms with E-state index in [0.29, 0.717) is 10.7 Å². The molecule has 0 radical (unpaired) electrons. The Morgan fingerprint density at radius 2 is 1.58 bits per heavy atom. The molecule has 2 aromatic carbocycles. The Morgan fingerprint density at radius 1 is 0.846 bits per heavy atom. The number of hydrogen-bond donors (Lipinski definition) is 0. The maximum atomic E-state index is 13.3. The van der Waals surface area contributed by atoms with Gasteiger partial charge in [-0.3, -0.25) is 9.59 Å². The van der Waals surface area contributed by atoms with Crippen molar-refractivity contribution in [2.45, 2.75) is 18.5 Å². The fourth-order valence-corrected chi connectivity index (χ4v) is 4.82. The topological polar surface area (TPSA) is 43.9 Å². The molecule has 0 aliphatic carbocycles. The van der Waals surface area contributed by atoms with Crippen LogP contribution in [0.1, 0.15) is 18.0 Å². The van der Waals surface area contributed by atoms with Gasteiger partial charge >= 0.3 is 0 Å². The highest BCUT2D eigenvalue weighted by Gasteiger charge is 2.62. The number of hydrazine groups is 1. The van der Waals surface area contributed by atoms with E-state index in [1.807, 2.05) is 30.3 Å². The van der Waals surface area contributed by atoms with Gasteiger partial charge in [0.05, 0.1) is 17.6 Å². The average Bonchev–Trinajstić information content (AvgIpc) is 3.28. The quantitative estimate of drug-likeness (QED) is 0.766. The Kier molecular flexibility index (Phi) is 3.64. The van der Waals surface area contributed by atoms with Gasteiger partial charge in [-0.15, -0.1) is 0 Å². The lowest BCUT2D eigenvalue weighted by Crippen LogP contribution is -2.44. The SMILES string of the molecule is O=C1[C@@H]2[C@@H](C(=O)N1c1cccc(Cl)c1)N1CCCN1[C@H]2c1ccccc1. The van der Waals surface area contributed by atoms with Crippen molar-refractivity contribution in [1.29, 1.82) is 0 Å². The van der Waals surface area contributed by atoms with Crippen LogP contribution in [0.3, 0.4) is 0 Å². The van der Waals surface area contributed by atoms with Crippen molar-refractivity contribution < 1.29 is 9.59 Å². The molecule has 0 N–H and O–H groups in total. The van der Waals surface area contributed by atoms with Crippen LogP contribution in [0.25, 0.3) is 0 Å². The molecule has 3 fully saturated rings. The van der Waals surface area contributed by atoms with Gasteiger partial charge in [0, 0.05) is 18.1 Å². The highest BCUT2D eigenvalue weighted by atomic mass is 35.5. The summed E-state index contributed by atoms with van der Waals surface area (Å²) in [6.45, 7) is 1.69. The first-order valence-corrected chi connectivity index (χ1v) is 9.26. The first-order valence-electron chi connectivity index (χ1n) is 8.88. The smallest absolute Gasteiger partial charge is 0.253 e. The van der Waals surface area contributed by atoms with Crippen molar-refractivity contribution in [3.05, 3.63) is 65.2 Å². The average molecular weight is 368 g/mol. The molecular weight excluding hydrogens is 350 g/mol. The van der Waals surface area contributed by atoms with E-state index in [1.165, 1.54) is 4.90 Å². The Morgan fingerprint density at radius 3 is 2.31 bits per heavy atom. The lowest BCUT2D eigenvalue weighted by atomic mass is 9.90. The number of benzene rings is 2. The molecule has 3 saturated heterocycles. The molecule has 0 unspecified atom stereocenters. The van der Waals surface area contributed by atoms with Gasteiger partial charge < -0.3 is 0 Å². The minimum absolute atomic E-state index is 0.0932. The number of carbonyl (C=O) groups is 2. The maximum absolute atomic E-state index is 13.3. The number of anilines is 1. The highest BCUT2D eigenvalue weighted by Crippen LogP contribution is 2.48. The molecular formula is C20H18ClN3O2. The summed E-state index contributed by atoms with van der Waals surface area (Å²) in [4.78, 5) is 27.9. The number of carbonyl (C=O) groups excluding carboxylic acids is 2. The molecule has 2 aromatic rings. The predicted octanol–water partition coefficient (Wildman–Crippen LogP) is 2.88. The summed E-state index contributed by atoms with van der Waals surface area (Å²) in [5, 5.41) is 4.84. The van der Waals surface area contributed by atoms with Gasteiger partial charge in [0.25, 0.3) is 5.91 Å². The lowest BCUT2D eigenvalue weighted by molar-refractivity contribution is -0.126. The van der Waals surface area contributed by atoms with E-state index in [0.717, 1.165) is 25.1 Å². The van der Waals surface area contributed by atoms with Gasteiger partial charge in [0.1, 0.15) is 6.04 Å². The van der Waals surface area contributed by atoms with Crippen molar-refractivity contribution in [2.75, 3.05) is 18.0 Å². The molecule has 5 rings (SSSR count).